The van der Waals surface area contributed by atoms with Gasteiger partial charge in [-0.1, -0.05) is 6.58 Å². The number of aliphatic hydroxyl groups is 2. The van der Waals surface area contributed by atoms with Gasteiger partial charge in [0.25, 0.3) is 5.56 Å². The fraction of sp³-hybridized carbons (Fsp3) is 0.417. The lowest BCUT2D eigenvalue weighted by molar-refractivity contribution is -0.0448. The summed E-state index contributed by atoms with van der Waals surface area (Å²) in [6.07, 6.45) is -1.55. The van der Waals surface area contributed by atoms with E-state index in [4.69, 9.17) is 9.84 Å². The summed E-state index contributed by atoms with van der Waals surface area (Å²) < 4.78 is 6.52. The molecule has 1 aliphatic rings. The van der Waals surface area contributed by atoms with Crippen LogP contribution in [-0.2, 0) is 4.74 Å². The van der Waals surface area contributed by atoms with Gasteiger partial charge in [-0.25, -0.2) is 4.79 Å². The highest BCUT2D eigenvalue weighted by Gasteiger charge is 2.40. The molecule has 0 bridgehead atoms. The zero-order valence-electron chi connectivity index (χ0n) is 10.3. The molecular weight excluding hydrogens is 252 g/mol. The first-order valence-electron chi connectivity index (χ1n) is 5.66. The molecule has 0 aliphatic carbocycles. The first kappa shape index (κ1) is 13.5. The van der Waals surface area contributed by atoms with Gasteiger partial charge in [0, 0.05) is 11.8 Å². The number of nitrogens with one attached hydrogen (secondary N) is 1. The lowest BCUT2D eigenvalue weighted by Gasteiger charge is -2.14. The highest BCUT2D eigenvalue weighted by atomic mass is 16.5. The Labute approximate surface area is 108 Å². The maximum absolute atomic E-state index is 11.8. The van der Waals surface area contributed by atoms with Crippen molar-refractivity contribution >= 4 is 0 Å². The van der Waals surface area contributed by atoms with Gasteiger partial charge < -0.3 is 14.9 Å². The van der Waals surface area contributed by atoms with E-state index in [2.05, 4.69) is 17.3 Å². The summed E-state index contributed by atoms with van der Waals surface area (Å²) in [5.41, 5.74) is 1.94. The second-order valence-electron chi connectivity index (χ2n) is 4.27. The Morgan fingerprint density at radius 3 is 2.84 bits per heavy atom. The molecule has 0 aromatic carbocycles. The third kappa shape index (κ3) is 2.20. The van der Waals surface area contributed by atoms with Crippen molar-refractivity contribution in [1.29, 1.82) is 0 Å². The van der Waals surface area contributed by atoms with Gasteiger partial charge in [-0.3, -0.25) is 14.3 Å². The highest BCUT2D eigenvalue weighted by Crippen LogP contribution is 2.32. The SMILES string of the molecule is C=C=C1[C@H](n2cc(C)c(=O)[nH]c2=O)O[C@H](CO)[C@H]1O. The van der Waals surface area contributed by atoms with E-state index in [9.17, 15) is 14.7 Å². The van der Waals surface area contributed by atoms with Gasteiger partial charge in [0.1, 0.15) is 12.2 Å². The molecule has 0 radical (unpaired) electrons. The fourth-order valence-electron chi connectivity index (χ4n) is 1.97. The summed E-state index contributed by atoms with van der Waals surface area (Å²) in [5, 5.41) is 19.0. The Balaban J connectivity index is 2.54. The predicted octanol–water partition coefficient (Wildman–Crippen LogP) is -1.19. The molecule has 3 atom stereocenters. The lowest BCUT2D eigenvalue weighted by atomic mass is 10.1. The zero-order chi connectivity index (χ0) is 14.2. The summed E-state index contributed by atoms with van der Waals surface area (Å²) >= 11 is 0. The molecule has 7 heteroatoms. The van der Waals surface area contributed by atoms with Gasteiger partial charge in [0.2, 0.25) is 0 Å². The van der Waals surface area contributed by atoms with Crippen molar-refractivity contribution in [3.05, 3.63) is 50.5 Å². The van der Waals surface area contributed by atoms with Crippen molar-refractivity contribution in [1.82, 2.24) is 9.55 Å². The molecule has 7 nitrogen and oxygen atoms in total. The number of hydrogen-bond acceptors (Lipinski definition) is 5. The molecule has 1 aromatic heterocycles. The van der Waals surface area contributed by atoms with Gasteiger partial charge >= 0.3 is 5.69 Å². The Hall–Kier alpha value is -1.92. The smallest absolute Gasteiger partial charge is 0.330 e. The molecule has 1 aliphatic heterocycles. The average molecular weight is 266 g/mol. The molecule has 1 saturated heterocycles. The molecule has 0 saturated carbocycles. The molecule has 3 N–H and O–H groups in total. The Morgan fingerprint density at radius 1 is 1.58 bits per heavy atom. The quantitative estimate of drug-likeness (QED) is 0.584. The topological polar surface area (TPSA) is 105 Å². The minimum absolute atomic E-state index is 0.243. The third-order valence-corrected chi connectivity index (χ3v) is 3.02. The van der Waals surface area contributed by atoms with E-state index < -0.39 is 36.3 Å². The molecule has 2 rings (SSSR count). The van der Waals surface area contributed by atoms with Crippen LogP contribution in [0.25, 0.3) is 0 Å². The maximum atomic E-state index is 11.8. The number of nitrogens with zero attached hydrogens (tertiary/aromatic N) is 1. The summed E-state index contributed by atoms with van der Waals surface area (Å²) in [4.78, 5) is 25.2. The maximum Gasteiger partial charge on any atom is 0.330 e. The van der Waals surface area contributed by atoms with E-state index in [-0.39, 0.29) is 5.57 Å². The van der Waals surface area contributed by atoms with Crippen molar-refractivity contribution in [3.63, 3.8) is 0 Å². The summed E-state index contributed by atoms with van der Waals surface area (Å²) in [5.74, 6) is 0. The number of aromatic nitrogens is 2. The average Bonchev–Trinajstić information content (AvgIpc) is 2.70. The second kappa shape index (κ2) is 4.99. The van der Waals surface area contributed by atoms with Crippen LogP contribution in [0.1, 0.15) is 11.8 Å². The van der Waals surface area contributed by atoms with Crippen LogP contribution in [0.15, 0.2) is 33.7 Å². The summed E-state index contributed by atoms with van der Waals surface area (Å²) in [6.45, 7) is 4.58. The van der Waals surface area contributed by atoms with Crippen LogP contribution >= 0.6 is 0 Å². The Bertz CT molecular complexity index is 653. The van der Waals surface area contributed by atoms with Crippen molar-refractivity contribution in [2.45, 2.75) is 25.4 Å². The normalized spacial score (nSPS) is 26.5. The standard InChI is InChI=1S/C12H14N2O5/c1-3-7-9(16)8(5-15)19-11(7)14-4-6(2)10(17)13-12(14)18/h4,8-9,11,15-16H,1,5H2,2H3,(H,13,17,18)/t8-,9+,11-/m1/s1. The van der Waals surface area contributed by atoms with Crippen LogP contribution in [0, 0.1) is 6.92 Å². The molecule has 1 aromatic rings. The van der Waals surface area contributed by atoms with Gasteiger partial charge in [0.05, 0.1) is 12.2 Å². The largest absolute Gasteiger partial charge is 0.394 e. The number of hydrogen-bond donors (Lipinski definition) is 3. The van der Waals surface area contributed by atoms with Gasteiger partial charge in [-0.05, 0) is 6.92 Å². The number of ether oxygens (including phenoxy) is 1. The van der Waals surface area contributed by atoms with E-state index in [1.165, 1.54) is 6.20 Å². The van der Waals surface area contributed by atoms with Crippen LogP contribution in [0.2, 0.25) is 0 Å². The highest BCUT2D eigenvalue weighted by molar-refractivity contribution is 5.18. The van der Waals surface area contributed by atoms with E-state index in [0.717, 1.165) is 4.57 Å². The Morgan fingerprint density at radius 2 is 2.26 bits per heavy atom. The number of H-pyrrole nitrogens is 1. The van der Waals surface area contributed by atoms with Crippen molar-refractivity contribution in [2.24, 2.45) is 0 Å². The van der Waals surface area contributed by atoms with Gasteiger partial charge in [-0.15, -0.1) is 5.73 Å². The summed E-state index contributed by atoms with van der Waals surface area (Å²) in [7, 11) is 0. The number of rotatable bonds is 2. The summed E-state index contributed by atoms with van der Waals surface area (Å²) in [6, 6.07) is 0. The molecule has 19 heavy (non-hydrogen) atoms. The minimum Gasteiger partial charge on any atom is -0.394 e. The van der Waals surface area contributed by atoms with Crippen LogP contribution in [0.3, 0.4) is 0 Å². The third-order valence-electron chi connectivity index (χ3n) is 3.02. The van der Waals surface area contributed by atoms with Crippen molar-refractivity contribution in [2.75, 3.05) is 6.61 Å². The first-order chi connectivity index (χ1) is 8.99. The van der Waals surface area contributed by atoms with Crippen LogP contribution < -0.4 is 11.2 Å². The van der Waals surface area contributed by atoms with E-state index in [1.807, 2.05) is 0 Å². The second-order valence-corrected chi connectivity index (χ2v) is 4.27. The molecule has 0 unspecified atom stereocenters. The van der Waals surface area contributed by atoms with Crippen LogP contribution in [0.4, 0.5) is 0 Å². The minimum atomic E-state index is -1.09. The van der Waals surface area contributed by atoms with E-state index in [1.54, 1.807) is 6.92 Å². The number of aromatic amines is 1. The number of aryl methyl sites for hydroxylation is 1. The molecule has 102 valence electrons. The van der Waals surface area contributed by atoms with Crippen molar-refractivity contribution in [3.8, 4) is 0 Å². The predicted molar refractivity (Wildman–Crippen MR) is 65.7 cm³/mol. The molecule has 2 heterocycles. The van der Waals surface area contributed by atoms with Crippen LogP contribution in [0.5, 0.6) is 0 Å². The van der Waals surface area contributed by atoms with E-state index >= 15 is 0 Å². The van der Waals surface area contributed by atoms with Crippen LogP contribution in [-0.4, -0.2) is 38.6 Å². The van der Waals surface area contributed by atoms with Crippen molar-refractivity contribution < 1.29 is 14.9 Å². The zero-order valence-corrected chi connectivity index (χ0v) is 10.3. The van der Waals surface area contributed by atoms with Gasteiger partial charge in [-0.2, -0.15) is 0 Å². The molecular formula is C12H14N2O5. The monoisotopic (exact) mass is 266 g/mol. The number of aliphatic hydroxyl groups excluding tert-OH is 2. The molecule has 1 fully saturated rings. The van der Waals surface area contributed by atoms with E-state index in [0.29, 0.717) is 5.56 Å². The first-order valence-corrected chi connectivity index (χ1v) is 5.66. The lowest BCUT2D eigenvalue weighted by Crippen LogP contribution is -2.33. The Kier molecular flexibility index (Phi) is 3.55. The fourth-order valence-corrected chi connectivity index (χ4v) is 1.97. The van der Waals surface area contributed by atoms with Gasteiger partial charge in [0.15, 0.2) is 6.23 Å². The molecule has 0 amide bonds. The molecule has 0 spiro atoms.